The molecule has 0 amide bonds. The second kappa shape index (κ2) is 10.3. The van der Waals surface area contributed by atoms with Crippen LogP contribution in [-0.2, 0) is 13.3 Å². The van der Waals surface area contributed by atoms with E-state index in [1.807, 2.05) is 20.8 Å². The Labute approximate surface area is 122 Å². The Morgan fingerprint density at radius 2 is 1.44 bits per heavy atom. The monoisotopic (exact) mass is 310 g/mol. The minimum atomic E-state index is -2.69. The molecule has 0 N–H and O–H groups in total. The van der Waals surface area contributed by atoms with E-state index in [4.69, 9.17) is 25.5 Å². The van der Waals surface area contributed by atoms with Crippen molar-refractivity contribution in [2.24, 2.45) is 0 Å². The minimum absolute atomic E-state index is 0.109. The highest BCUT2D eigenvalue weighted by molar-refractivity contribution is 8.23. The lowest BCUT2D eigenvalue weighted by Crippen LogP contribution is -2.52. The van der Waals surface area contributed by atoms with Crippen molar-refractivity contribution < 1.29 is 13.3 Å². The zero-order valence-electron chi connectivity index (χ0n) is 12.2. The predicted molar refractivity (Wildman–Crippen MR) is 85.4 cm³/mol. The summed E-state index contributed by atoms with van der Waals surface area (Å²) in [5.41, 5.74) is 0.109. The number of hydrogen-bond acceptors (Lipinski definition) is 5. The van der Waals surface area contributed by atoms with Crippen LogP contribution in [0.2, 0.25) is 5.54 Å². The minimum Gasteiger partial charge on any atom is -0.373 e. The van der Waals surface area contributed by atoms with E-state index in [9.17, 15) is 0 Å². The molecule has 0 spiro atoms. The SMILES string of the molecule is CCO[Si](OCC)(OCC)C(CC)C(=S)SCC. The lowest BCUT2D eigenvalue weighted by Gasteiger charge is -2.34. The molecule has 1 unspecified atom stereocenters. The van der Waals surface area contributed by atoms with Crippen LogP contribution in [0, 0.1) is 0 Å². The van der Waals surface area contributed by atoms with Gasteiger partial charge in [-0.3, -0.25) is 0 Å². The summed E-state index contributed by atoms with van der Waals surface area (Å²) < 4.78 is 18.7. The molecule has 6 heteroatoms. The van der Waals surface area contributed by atoms with Gasteiger partial charge < -0.3 is 13.3 Å². The fraction of sp³-hybridized carbons (Fsp3) is 0.917. The Balaban J connectivity index is 5.11. The molecule has 0 aliphatic heterocycles. The molecule has 0 radical (unpaired) electrons. The van der Waals surface area contributed by atoms with Gasteiger partial charge in [0.15, 0.2) is 0 Å². The fourth-order valence-corrected chi connectivity index (χ4v) is 6.97. The lowest BCUT2D eigenvalue weighted by atomic mass is 10.4. The van der Waals surface area contributed by atoms with Crippen molar-refractivity contribution in [3.8, 4) is 0 Å². The van der Waals surface area contributed by atoms with Crippen LogP contribution in [0.1, 0.15) is 41.0 Å². The van der Waals surface area contributed by atoms with Gasteiger partial charge >= 0.3 is 8.80 Å². The Bertz CT molecular complexity index is 222. The molecule has 0 aliphatic carbocycles. The van der Waals surface area contributed by atoms with Crippen LogP contribution >= 0.6 is 24.0 Å². The van der Waals surface area contributed by atoms with E-state index in [0.717, 1.165) is 16.4 Å². The number of hydrogen-bond donors (Lipinski definition) is 0. The summed E-state index contributed by atoms with van der Waals surface area (Å²) in [6.45, 7) is 11.9. The van der Waals surface area contributed by atoms with E-state index in [1.165, 1.54) is 0 Å². The predicted octanol–water partition coefficient (Wildman–Crippen LogP) is 3.90. The molecule has 0 rings (SSSR count). The van der Waals surface area contributed by atoms with E-state index < -0.39 is 8.80 Å². The maximum atomic E-state index is 5.92. The number of thioether (sulfide) groups is 1. The first kappa shape index (κ1) is 18.5. The van der Waals surface area contributed by atoms with Crippen molar-refractivity contribution in [2.75, 3.05) is 25.6 Å². The third-order valence-electron chi connectivity index (χ3n) is 2.44. The molecule has 0 heterocycles. The molecule has 0 aromatic rings. The standard InChI is InChI=1S/C12H26O3S2Si/c1-6-11(12(16)17-10-5)18(13-7-2,14-8-3)15-9-4/h11H,6-10H2,1-5H3. The van der Waals surface area contributed by atoms with Crippen molar-refractivity contribution in [1.29, 1.82) is 0 Å². The van der Waals surface area contributed by atoms with E-state index in [2.05, 4.69) is 13.8 Å². The Morgan fingerprint density at radius 3 is 1.72 bits per heavy atom. The molecule has 0 aliphatic rings. The first-order valence-corrected chi connectivity index (χ1v) is 9.89. The maximum Gasteiger partial charge on any atom is 0.510 e. The van der Waals surface area contributed by atoms with Crippen LogP contribution in [0.15, 0.2) is 0 Å². The zero-order valence-corrected chi connectivity index (χ0v) is 14.8. The van der Waals surface area contributed by atoms with Gasteiger partial charge in [-0.25, -0.2) is 0 Å². The average Bonchev–Trinajstić information content (AvgIpc) is 2.31. The molecule has 18 heavy (non-hydrogen) atoms. The van der Waals surface area contributed by atoms with Gasteiger partial charge in [-0.15, -0.1) is 11.8 Å². The Morgan fingerprint density at radius 1 is 1.00 bits per heavy atom. The van der Waals surface area contributed by atoms with Crippen LogP contribution in [0.25, 0.3) is 0 Å². The summed E-state index contributed by atoms with van der Waals surface area (Å²) in [6.07, 6.45) is 0.901. The van der Waals surface area contributed by atoms with Gasteiger partial charge in [0, 0.05) is 19.8 Å². The molecule has 3 nitrogen and oxygen atoms in total. The van der Waals surface area contributed by atoms with E-state index in [-0.39, 0.29) is 5.54 Å². The molecular formula is C12H26O3S2Si. The van der Waals surface area contributed by atoms with E-state index in [1.54, 1.807) is 11.8 Å². The largest absolute Gasteiger partial charge is 0.510 e. The second-order valence-corrected chi connectivity index (χ2v) is 8.39. The molecule has 0 aromatic carbocycles. The van der Waals surface area contributed by atoms with E-state index in [0.29, 0.717) is 19.8 Å². The molecule has 0 fully saturated rings. The zero-order chi connectivity index (χ0) is 14.0. The highest BCUT2D eigenvalue weighted by Crippen LogP contribution is 2.34. The number of thiocarbonyl (C=S) groups is 1. The Kier molecular flexibility index (Phi) is 10.6. The average molecular weight is 311 g/mol. The summed E-state index contributed by atoms with van der Waals surface area (Å²) in [7, 11) is -2.69. The van der Waals surface area contributed by atoms with Gasteiger partial charge in [-0.05, 0) is 32.9 Å². The van der Waals surface area contributed by atoms with Crippen molar-refractivity contribution in [2.45, 2.75) is 46.6 Å². The van der Waals surface area contributed by atoms with Crippen LogP contribution in [0.4, 0.5) is 0 Å². The van der Waals surface area contributed by atoms with Crippen LogP contribution < -0.4 is 0 Å². The van der Waals surface area contributed by atoms with Crippen LogP contribution in [-0.4, -0.2) is 38.6 Å². The third kappa shape index (κ3) is 5.26. The molecule has 0 saturated heterocycles. The third-order valence-corrected chi connectivity index (χ3v) is 7.98. The summed E-state index contributed by atoms with van der Waals surface area (Å²) in [5.74, 6) is 0.976. The normalized spacial score (nSPS) is 13.6. The van der Waals surface area contributed by atoms with Gasteiger partial charge in [0.05, 0.1) is 9.74 Å². The quantitative estimate of drug-likeness (QED) is 0.451. The molecule has 0 saturated carbocycles. The van der Waals surface area contributed by atoms with Gasteiger partial charge in [-0.2, -0.15) is 0 Å². The topological polar surface area (TPSA) is 27.7 Å². The second-order valence-electron chi connectivity index (χ2n) is 3.62. The molecule has 108 valence electrons. The summed E-state index contributed by atoms with van der Waals surface area (Å²) in [6, 6.07) is 0. The van der Waals surface area contributed by atoms with Crippen molar-refractivity contribution in [3.05, 3.63) is 0 Å². The van der Waals surface area contributed by atoms with Gasteiger partial charge in [0.25, 0.3) is 0 Å². The Hall–Kier alpha value is 0.537. The first-order valence-electron chi connectivity index (χ1n) is 6.70. The van der Waals surface area contributed by atoms with E-state index >= 15 is 0 Å². The van der Waals surface area contributed by atoms with Gasteiger partial charge in [0.2, 0.25) is 0 Å². The molecule has 1 atom stereocenters. The summed E-state index contributed by atoms with van der Waals surface area (Å²) in [5, 5.41) is 0. The molecular weight excluding hydrogens is 284 g/mol. The van der Waals surface area contributed by atoms with Crippen LogP contribution in [0.3, 0.4) is 0 Å². The molecule has 0 aromatic heterocycles. The van der Waals surface area contributed by atoms with Gasteiger partial charge in [-0.1, -0.05) is 26.1 Å². The highest BCUT2D eigenvalue weighted by Gasteiger charge is 2.50. The van der Waals surface area contributed by atoms with Crippen LogP contribution in [0.5, 0.6) is 0 Å². The first-order chi connectivity index (χ1) is 8.61. The fourth-order valence-electron chi connectivity index (χ4n) is 1.83. The van der Waals surface area contributed by atoms with Gasteiger partial charge in [0.1, 0.15) is 0 Å². The van der Waals surface area contributed by atoms with Crippen molar-refractivity contribution >= 4 is 37.0 Å². The summed E-state index contributed by atoms with van der Waals surface area (Å²) >= 11 is 7.22. The van der Waals surface area contributed by atoms with Crippen molar-refractivity contribution in [3.63, 3.8) is 0 Å². The maximum absolute atomic E-state index is 5.92. The molecule has 0 bridgehead atoms. The summed E-state index contributed by atoms with van der Waals surface area (Å²) in [4.78, 5) is 0. The van der Waals surface area contributed by atoms with Crippen molar-refractivity contribution in [1.82, 2.24) is 0 Å². The number of rotatable bonds is 10. The lowest BCUT2D eigenvalue weighted by molar-refractivity contribution is 0.0670. The smallest absolute Gasteiger partial charge is 0.373 e. The highest BCUT2D eigenvalue weighted by atomic mass is 32.2.